The zero-order valence-corrected chi connectivity index (χ0v) is 41.1. The molecule has 0 N–H and O–H groups in total. The molecule has 1 nitrogen and oxygen atoms in total. The molecule has 348 valence electrons. The molecule has 3 aliphatic carbocycles. The average Bonchev–Trinajstić information content (AvgIpc) is 4.16. The number of rotatable bonds is 6. The largest absolute Gasteiger partial charge is 0.310 e. The van der Waals surface area contributed by atoms with Gasteiger partial charge in [-0.1, -0.05) is 243 Å². The molecule has 0 heterocycles. The summed E-state index contributed by atoms with van der Waals surface area (Å²) in [7, 11) is 0. The Balaban J connectivity index is 0.903. The van der Waals surface area contributed by atoms with E-state index in [0.29, 0.717) is 0 Å². The highest BCUT2D eigenvalue weighted by atomic mass is 15.1. The van der Waals surface area contributed by atoms with Crippen LogP contribution in [0.25, 0.3) is 76.8 Å². The SMILES string of the molecule is c1ccc(C2(c3ccccc3)c3ccccc3-c3ccc(N(c4ccc(-c5ccc6c(c5)C5(c7ccccc7-c7ccccc75)c5ccccc5-6)cc4)c4ccc5c6ccccc6c6ccccc6c5c4)cc32)cc1. The Hall–Kier alpha value is -9.56. The molecule has 1 heteroatoms. The lowest BCUT2D eigenvalue weighted by Gasteiger charge is -2.35. The summed E-state index contributed by atoms with van der Waals surface area (Å²) in [5.41, 5.74) is 23.0. The molecule has 0 aliphatic heterocycles. The predicted molar refractivity (Wildman–Crippen MR) is 313 cm³/mol. The second kappa shape index (κ2) is 16.0. The van der Waals surface area contributed by atoms with Gasteiger partial charge in [-0.05, 0) is 164 Å². The van der Waals surface area contributed by atoms with Crippen LogP contribution in [-0.2, 0) is 10.8 Å². The molecule has 75 heavy (non-hydrogen) atoms. The van der Waals surface area contributed by atoms with Crippen LogP contribution in [0, 0.1) is 0 Å². The number of hydrogen-bond acceptors (Lipinski definition) is 1. The van der Waals surface area contributed by atoms with Gasteiger partial charge in [0.15, 0.2) is 0 Å². The molecule has 0 fully saturated rings. The van der Waals surface area contributed by atoms with E-state index >= 15 is 0 Å². The van der Waals surface area contributed by atoms with Crippen LogP contribution in [0.2, 0.25) is 0 Å². The van der Waals surface area contributed by atoms with Crippen LogP contribution in [0.3, 0.4) is 0 Å². The van der Waals surface area contributed by atoms with E-state index in [4.69, 9.17) is 0 Å². The summed E-state index contributed by atoms with van der Waals surface area (Å²) in [5.74, 6) is 0. The molecule has 0 unspecified atom stereocenters. The number of hydrogen-bond donors (Lipinski definition) is 0. The average molecular weight is 950 g/mol. The maximum Gasteiger partial charge on any atom is 0.0725 e. The highest BCUT2D eigenvalue weighted by Crippen LogP contribution is 2.63. The van der Waals surface area contributed by atoms with Gasteiger partial charge in [0, 0.05) is 17.1 Å². The molecule has 16 rings (SSSR count). The molecule has 0 saturated carbocycles. The standard InChI is InChI=1S/C74H47N/c1-3-19-50(20-4-1)73(51-21-5-2-6-22-51)67-31-15-11-29-62(67)65-44-41-54(47-72(65)73)75(53-40-43-59-57-25-8-7-23-55(57)56-24-9-10-26-58(56)66(59)46-53)52-38-35-48(36-39-52)49-37-42-64-63-30-14-18-34-70(63)74(71(64)45-49)68-32-16-12-27-60(68)61-28-13-17-33-69(61)74/h1-47H. The van der Waals surface area contributed by atoms with Crippen LogP contribution >= 0.6 is 0 Å². The van der Waals surface area contributed by atoms with E-state index in [9.17, 15) is 0 Å². The van der Waals surface area contributed by atoms with Crippen LogP contribution in [0.4, 0.5) is 17.1 Å². The van der Waals surface area contributed by atoms with Gasteiger partial charge in [-0.2, -0.15) is 0 Å². The van der Waals surface area contributed by atoms with Crippen LogP contribution in [0.15, 0.2) is 285 Å². The highest BCUT2D eigenvalue weighted by Gasteiger charge is 2.52. The Bertz CT molecular complexity index is 4330. The summed E-state index contributed by atoms with van der Waals surface area (Å²) >= 11 is 0. The molecule has 0 bridgehead atoms. The lowest BCUT2D eigenvalue weighted by molar-refractivity contribution is 0.768. The fourth-order valence-corrected chi connectivity index (χ4v) is 14.1. The van der Waals surface area contributed by atoms with Gasteiger partial charge in [0.2, 0.25) is 0 Å². The van der Waals surface area contributed by atoms with Gasteiger partial charge in [-0.25, -0.2) is 0 Å². The Morgan fingerprint density at radius 3 is 1.07 bits per heavy atom. The number of fused-ring (bicyclic) bond motifs is 19. The van der Waals surface area contributed by atoms with Crippen molar-refractivity contribution >= 4 is 49.4 Å². The molecule has 1 spiro atoms. The fraction of sp³-hybridized carbons (Fsp3) is 0.0270. The van der Waals surface area contributed by atoms with Crippen molar-refractivity contribution in [1.29, 1.82) is 0 Å². The van der Waals surface area contributed by atoms with Gasteiger partial charge >= 0.3 is 0 Å². The monoisotopic (exact) mass is 949 g/mol. The molecular weight excluding hydrogens is 903 g/mol. The Labute approximate surface area is 436 Å². The van der Waals surface area contributed by atoms with Crippen LogP contribution in [0.1, 0.15) is 44.5 Å². The zero-order valence-electron chi connectivity index (χ0n) is 41.1. The normalized spacial score (nSPS) is 13.8. The molecule has 0 aromatic heterocycles. The first kappa shape index (κ1) is 42.0. The van der Waals surface area contributed by atoms with Gasteiger partial charge in [-0.15, -0.1) is 0 Å². The maximum atomic E-state index is 2.49. The number of benzene rings is 13. The van der Waals surface area contributed by atoms with Crippen LogP contribution < -0.4 is 4.90 Å². The van der Waals surface area contributed by atoms with Gasteiger partial charge in [0.25, 0.3) is 0 Å². The third-order valence-corrected chi connectivity index (χ3v) is 17.1. The van der Waals surface area contributed by atoms with Crippen LogP contribution in [-0.4, -0.2) is 0 Å². The topological polar surface area (TPSA) is 3.24 Å². The van der Waals surface area contributed by atoms with Crippen molar-refractivity contribution in [1.82, 2.24) is 0 Å². The third-order valence-electron chi connectivity index (χ3n) is 17.1. The number of nitrogens with zero attached hydrogens (tertiary/aromatic N) is 1. The van der Waals surface area contributed by atoms with Crippen molar-refractivity contribution < 1.29 is 0 Å². The summed E-state index contributed by atoms with van der Waals surface area (Å²) in [6, 6.07) is 107. The van der Waals surface area contributed by atoms with Crippen molar-refractivity contribution in [2.45, 2.75) is 10.8 Å². The smallest absolute Gasteiger partial charge is 0.0725 e. The van der Waals surface area contributed by atoms with E-state index in [-0.39, 0.29) is 0 Å². The second-order valence-electron chi connectivity index (χ2n) is 20.6. The summed E-state index contributed by atoms with van der Waals surface area (Å²) in [4.78, 5) is 2.48. The van der Waals surface area contributed by atoms with Gasteiger partial charge in [0.1, 0.15) is 0 Å². The lowest BCUT2D eigenvalue weighted by atomic mass is 9.67. The van der Waals surface area contributed by atoms with Crippen molar-refractivity contribution in [3.63, 3.8) is 0 Å². The Morgan fingerprint density at radius 1 is 0.200 bits per heavy atom. The third kappa shape index (κ3) is 5.73. The molecule has 13 aromatic rings. The minimum absolute atomic E-state index is 0.403. The fourth-order valence-electron chi connectivity index (χ4n) is 14.1. The molecule has 0 radical (unpaired) electrons. The highest BCUT2D eigenvalue weighted by molar-refractivity contribution is 6.26. The van der Waals surface area contributed by atoms with E-state index < -0.39 is 10.8 Å². The van der Waals surface area contributed by atoms with E-state index in [2.05, 4.69) is 290 Å². The van der Waals surface area contributed by atoms with Gasteiger partial charge < -0.3 is 4.90 Å². The summed E-state index contributed by atoms with van der Waals surface area (Å²) in [6.45, 7) is 0. The second-order valence-corrected chi connectivity index (χ2v) is 20.6. The minimum Gasteiger partial charge on any atom is -0.310 e. The van der Waals surface area contributed by atoms with Crippen molar-refractivity contribution in [3.05, 3.63) is 330 Å². The Kier molecular flexibility index (Phi) is 8.94. The first-order valence-electron chi connectivity index (χ1n) is 26.2. The van der Waals surface area contributed by atoms with E-state index in [1.54, 1.807) is 0 Å². The predicted octanol–water partition coefficient (Wildman–Crippen LogP) is 19.0. The van der Waals surface area contributed by atoms with E-state index in [1.807, 2.05) is 0 Å². The van der Waals surface area contributed by atoms with Crippen LogP contribution in [0.5, 0.6) is 0 Å². The van der Waals surface area contributed by atoms with E-state index in [1.165, 1.54) is 121 Å². The van der Waals surface area contributed by atoms with Gasteiger partial charge in [0.05, 0.1) is 10.8 Å². The van der Waals surface area contributed by atoms with Crippen molar-refractivity contribution in [3.8, 4) is 44.5 Å². The quantitative estimate of drug-likeness (QED) is 0.150. The molecule has 0 amide bonds. The maximum absolute atomic E-state index is 2.49. The molecule has 0 atom stereocenters. The van der Waals surface area contributed by atoms with Crippen molar-refractivity contribution in [2.75, 3.05) is 4.90 Å². The number of anilines is 3. The molecule has 13 aromatic carbocycles. The first-order chi connectivity index (χ1) is 37.2. The Morgan fingerprint density at radius 2 is 0.547 bits per heavy atom. The molecular formula is C74H47N. The van der Waals surface area contributed by atoms with E-state index in [0.717, 1.165) is 17.1 Å². The van der Waals surface area contributed by atoms with Crippen molar-refractivity contribution in [2.24, 2.45) is 0 Å². The molecule has 3 aliphatic rings. The van der Waals surface area contributed by atoms with Gasteiger partial charge in [-0.3, -0.25) is 0 Å². The lowest BCUT2D eigenvalue weighted by Crippen LogP contribution is -2.28. The summed E-state index contributed by atoms with van der Waals surface area (Å²) in [5, 5.41) is 7.56. The summed E-state index contributed by atoms with van der Waals surface area (Å²) in [6.07, 6.45) is 0. The molecule has 0 saturated heterocycles. The zero-order chi connectivity index (χ0) is 49.2. The minimum atomic E-state index is -0.538. The summed E-state index contributed by atoms with van der Waals surface area (Å²) < 4.78 is 0. The first-order valence-corrected chi connectivity index (χ1v) is 26.2.